The SMILES string of the molecule is COC(OC)c1c(C)cc(Oc2ccccc2)cc1C. The van der Waals surface area contributed by atoms with Gasteiger partial charge in [0.15, 0.2) is 6.29 Å². The molecule has 0 aliphatic heterocycles. The molecule has 3 heteroatoms. The lowest BCUT2D eigenvalue weighted by Crippen LogP contribution is -2.08. The van der Waals surface area contributed by atoms with Crippen LogP contribution in [0, 0.1) is 13.8 Å². The van der Waals surface area contributed by atoms with Crippen LogP contribution in [0.4, 0.5) is 0 Å². The molecule has 2 aromatic carbocycles. The maximum atomic E-state index is 5.86. The molecule has 106 valence electrons. The van der Waals surface area contributed by atoms with Gasteiger partial charge in [-0.25, -0.2) is 0 Å². The average Bonchev–Trinajstić information content (AvgIpc) is 2.44. The van der Waals surface area contributed by atoms with Crippen LogP contribution >= 0.6 is 0 Å². The summed E-state index contributed by atoms with van der Waals surface area (Å²) in [6.07, 6.45) is -0.347. The highest BCUT2D eigenvalue weighted by molar-refractivity contribution is 5.43. The number of ether oxygens (including phenoxy) is 3. The Bertz CT molecular complexity index is 537. The van der Waals surface area contributed by atoms with E-state index in [2.05, 4.69) is 0 Å². The Hall–Kier alpha value is -1.84. The Morgan fingerprint density at radius 1 is 0.800 bits per heavy atom. The van der Waals surface area contributed by atoms with Crippen LogP contribution in [0.1, 0.15) is 23.0 Å². The summed E-state index contributed by atoms with van der Waals surface area (Å²) in [5, 5.41) is 0. The molecule has 0 fully saturated rings. The highest BCUT2D eigenvalue weighted by atomic mass is 16.7. The molecular formula is C17H20O3. The van der Waals surface area contributed by atoms with E-state index < -0.39 is 0 Å². The van der Waals surface area contributed by atoms with Crippen LogP contribution in [-0.2, 0) is 9.47 Å². The normalized spacial score (nSPS) is 10.8. The smallest absolute Gasteiger partial charge is 0.183 e. The van der Waals surface area contributed by atoms with E-state index in [0.29, 0.717) is 0 Å². The summed E-state index contributed by atoms with van der Waals surface area (Å²) in [4.78, 5) is 0. The van der Waals surface area contributed by atoms with Crippen LogP contribution in [0.5, 0.6) is 11.5 Å². The van der Waals surface area contributed by atoms with E-state index >= 15 is 0 Å². The summed E-state index contributed by atoms with van der Waals surface area (Å²) in [5.74, 6) is 1.65. The number of rotatable bonds is 5. The number of benzene rings is 2. The van der Waals surface area contributed by atoms with Crippen molar-refractivity contribution in [2.24, 2.45) is 0 Å². The molecule has 0 N–H and O–H groups in total. The molecule has 0 bridgehead atoms. The van der Waals surface area contributed by atoms with E-state index in [0.717, 1.165) is 28.2 Å². The maximum absolute atomic E-state index is 5.86. The van der Waals surface area contributed by atoms with E-state index in [1.54, 1.807) is 14.2 Å². The standard InChI is InChI=1S/C17H20O3/c1-12-10-15(20-14-8-6-5-7-9-14)11-13(2)16(12)17(18-3)19-4/h5-11,17H,1-4H3. The lowest BCUT2D eigenvalue weighted by atomic mass is 10.0. The highest BCUT2D eigenvalue weighted by Crippen LogP contribution is 2.31. The van der Waals surface area contributed by atoms with E-state index in [1.165, 1.54) is 0 Å². The van der Waals surface area contributed by atoms with E-state index in [-0.39, 0.29) is 6.29 Å². The van der Waals surface area contributed by atoms with Crippen molar-refractivity contribution in [3.05, 3.63) is 59.2 Å². The number of para-hydroxylation sites is 1. The molecule has 2 rings (SSSR count). The van der Waals surface area contributed by atoms with Gasteiger partial charge in [0.1, 0.15) is 11.5 Å². The molecular weight excluding hydrogens is 252 g/mol. The predicted molar refractivity (Wildman–Crippen MR) is 79.2 cm³/mol. The summed E-state index contributed by atoms with van der Waals surface area (Å²) in [5.41, 5.74) is 3.23. The van der Waals surface area contributed by atoms with Crippen molar-refractivity contribution >= 4 is 0 Å². The maximum Gasteiger partial charge on any atom is 0.183 e. The van der Waals surface area contributed by atoms with E-state index in [9.17, 15) is 0 Å². The molecule has 0 radical (unpaired) electrons. The van der Waals surface area contributed by atoms with Crippen molar-refractivity contribution in [2.45, 2.75) is 20.1 Å². The molecule has 0 aliphatic rings. The zero-order chi connectivity index (χ0) is 14.5. The molecule has 0 aliphatic carbocycles. The second-order valence-corrected chi connectivity index (χ2v) is 4.69. The molecule has 0 aromatic heterocycles. The molecule has 0 saturated heterocycles. The third kappa shape index (κ3) is 3.18. The Labute approximate surface area is 120 Å². The number of hydrogen-bond donors (Lipinski definition) is 0. The van der Waals surface area contributed by atoms with Crippen LogP contribution in [0.3, 0.4) is 0 Å². The molecule has 0 saturated carbocycles. The van der Waals surface area contributed by atoms with Gasteiger partial charge < -0.3 is 14.2 Å². The molecule has 20 heavy (non-hydrogen) atoms. The topological polar surface area (TPSA) is 27.7 Å². The second kappa shape index (κ2) is 6.55. The molecule has 0 atom stereocenters. The Kier molecular flexibility index (Phi) is 4.77. The van der Waals surface area contributed by atoms with Gasteiger partial charge in [0, 0.05) is 19.8 Å². The molecule has 2 aromatic rings. The summed E-state index contributed by atoms with van der Waals surface area (Å²) >= 11 is 0. The third-order valence-electron chi connectivity index (χ3n) is 3.21. The molecule has 0 heterocycles. The van der Waals surface area contributed by atoms with Crippen molar-refractivity contribution in [3.8, 4) is 11.5 Å². The Balaban J connectivity index is 2.30. The average molecular weight is 272 g/mol. The van der Waals surface area contributed by atoms with Gasteiger partial charge in [-0.2, -0.15) is 0 Å². The van der Waals surface area contributed by atoms with Gasteiger partial charge in [-0.1, -0.05) is 18.2 Å². The Morgan fingerprint density at radius 3 is 1.85 bits per heavy atom. The van der Waals surface area contributed by atoms with Gasteiger partial charge in [0.2, 0.25) is 0 Å². The van der Waals surface area contributed by atoms with Crippen LogP contribution in [-0.4, -0.2) is 14.2 Å². The van der Waals surface area contributed by atoms with Crippen molar-refractivity contribution in [3.63, 3.8) is 0 Å². The first-order chi connectivity index (χ1) is 9.65. The fraction of sp³-hybridized carbons (Fsp3) is 0.294. The van der Waals surface area contributed by atoms with Crippen molar-refractivity contribution < 1.29 is 14.2 Å². The van der Waals surface area contributed by atoms with Gasteiger partial charge in [0.05, 0.1) is 0 Å². The minimum atomic E-state index is -0.347. The zero-order valence-electron chi connectivity index (χ0n) is 12.3. The van der Waals surface area contributed by atoms with Gasteiger partial charge >= 0.3 is 0 Å². The summed E-state index contributed by atoms with van der Waals surface area (Å²) < 4.78 is 16.5. The van der Waals surface area contributed by atoms with Crippen LogP contribution in [0.25, 0.3) is 0 Å². The van der Waals surface area contributed by atoms with Crippen molar-refractivity contribution in [1.82, 2.24) is 0 Å². The number of methoxy groups -OCH3 is 2. The fourth-order valence-corrected chi connectivity index (χ4v) is 2.32. The quantitative estimate of drug-likeness (QED) is 0.756. The summed E-state index contributed by atoms with van der Waals surface area (Å²) in [7, 11) is 3.28. The van der Waals surface area contributed by atoms with Crippen LogP contribution in [0.15, 0.2) is 42.5 Å². The summed E-state index contributed by atoms with van der Waals surface area (Å²) in [6.45, 7) is 4.07. The van der Waals surface area contributed by atoms with Crippen LogP contribution < -0.4 is 4.74 Å². The van der Waals surface area contributed by atoms with Gasteiger partial charge in [0.25, 0.3) is 0 Å². The van der Waals surface area contributed by atoms with Crippen molar-refractivity contribution in [1.29, 1.82) is 0 Å². The number of hydrogen-bond acceptors (Lipinski definition) is 3. The summed E-state index contributed by atoms with van der Waals surface area (Å²) in [6, 6.07) is 13.7. The first kappa shape index (κ1) is 14.6. The number of aryl methyl sites for hydroxylation is 2. The highest BCUT2D eigenvalue weighted by Gasteiger charge is 2.16. The van der Waals surface area contributed by atoms with Crippen molar-refractivity contribution in [2.75, 3.05) is 14.2 Å². The molecule has 0 unspecified atom stereocenters. The van der Waals surface area contributed by atoms with Crippen LogP contribution in [0.2, 0.25) is 0 Å². The molecule has 0 spiro atoms. The lowest BCUT2D eigenvalue weighted by Gasteiger charge is -2.19. The first-order valence-electron chi connectivity index (χ1n) is 6.55. The lowest BCUT2D eigenvalue weighted by molar-refractivity contribution is -0.106. The van der Waals surface area contributed by atoms with E-state index in [1.807, 2.05) is 56.3 Å². The van der Waals surface area contributed by atoms with E-state index in [4.69, 9.17) is 14.2 Å². The molecule has 0 amide bonds. The predicted octanol–water partition coefficient (Wildman–Crippen LogP) is 4.39. The van der Waals surface area contributed by atoms with Gasteiger partial charge in [-0.05, 0) is 49.2 Å². The second-order valence-electron chi connectivity index (χ2n) is 4.69. The largest absolute Gasteiger partial charge is 0.457 e. The van der Waals surface area contributed by atoms with Gasteiger partial charge in [-0.15, -0.1) is 0 Å². The fourth-order valence-electron chi connectivity index (χ4n) is 2.32. The third-order valence-corrected chi connectivity index (χ3v) is 3.21. The Morgan fingerprint density at radius 2 is 1.35 bits per heavy atom. The van der Waals surface area contributed by atoms with Gasteiger partial charge in [-0.3, -0.25) is 0 Å². The zero-order valence-corrected chi connectivity index (χ0v) is 12.3. The monoisotopic (exact) mass is 272 g/mol. The minimum Gasteiger partial charge on any atom is -0.457 e. The minimum absolute atomic E-state index is 0.347. The first-order valence-corrected chi connectivity index (χ1v) is 6.55. The molecule has 3 nitrogen and oxygen atoms in total.